The Morgan fingerprint density at radius 1 is 1.21 bits per heavy atom. The van der Waals surface area contributed by atoms with Crippen molar-refractivity contribution in [3.8, 4) is 16.9 Å². The van der Waals surface area contributed by atoms with Crippen LogP contribution in [0.3, 0.4) is 0 Å². The summed E-state index contributed by atoms with van der Waals surface area (Å²) in [4.78, 5) is 11.7. The van der Waals surface area contributed by atoms with Crippen molar-refractivity contribution in [1.29, 1.82) is 0 Å². The van der Waals surface area contributed by atoms with Crippen LogP contribution in [0.1, 0.15) is 10.4 Å². The van der Waals surface area contributed by atoms with Gasteiger partial charge < -0.3 is 4.74 Å². The van der Waals surface area contributed by atoms with Gasteiger partial charge in [0.15, 0.2) is 0 Å². The molecule has 98 valence electrons. The number of halogens is 1. The molecule has 0 aliphatic carbocycles. The molecule has 0 aromatic heterocycles. The number of amides is 1. The van der Waals surface area contributed by atoms with Crippen LogP contribution in [0.2, 0.25) is 5.02 Å². The van der Waals surface area contributed by atoms with Gasteiger partial charge in [0, 0.05) is 10.6 Å². The SMILES string of the molecule is COc1ccc(-c2cc(Cl)ccc2C(=O)NN)cc1. The number of rotatable bonds is 3. The number of nitrogen functional groups attached to an aromatic ring is 1. The van der Waals surface area contributed by atoms with Gasteiger partial charge in [0.25, 0.3) is 5.91 Å². The van der Waals surface area contributed by atoms with Crippen LogP contribution in [0, 0.1) is 0 Å². The third-order valence-corrected chi connectivity index (χ3v) is 2.99. The molecule has 0 atom stereocenters. The highest BCUT2D eigenvalue weighted by Gasteiger charge is 2.12. The second-order valence-corrected chi connectivity index (χ2v) is 4.33. The predicted molar refractivity (Wildman–Crippen MR) is 75.1 cm³/mol. The number of methoxy groups -OCH3 is 1. The molecule has 19 heavy (non-hydrogen) atoms. The molecule has 2 rings (SSSR count). The lowest BCUT2D eigenvalue weighted by Crippen LogP contribution is -2.30. The molecule has 0 spiro atoms. The monoisotopic (exact) mass is 276 g/mol. The molecule has 0 radical (unpaired) electrons. The van der Waals surface area contributed by atoms with Gasteiger partial charge in [0.05, 0.1) is 7.11 Å². The number of benzene rings is 2. The van der Waals surface area contributed by atoms with Crippen LogP contribution < -0.4 is 16.0 Å². The van der Waals surface area contributed by atoms with E-state index in [2.05, 4.69) is 5.43 Å². The highest BCUT2D eigenvalue weighted by Crippen LogP contribution is 2.28. The fourth-order valence-electron chi connectivity index (χ4n) is 1.80. The van der Waals surface area contributed by atoms with Gasteiger partial charge in [0.2, 0.25) is 0 Å². The summed E-state index contributed by atoms with van der Waals surface area (Å²) in [6.45, 7) is 0. The number of hydrogen-bond donors (Lipinski definition) is 2. The summed E-state index contributed by atoms with van der Waals surface area (Å²) >= 11 is 5.99. The maximum absolute atomic E-state index is 11.7. The molecule has 2 aromatic rings. The van der Waals surface area contributed by atoms with E-state index in [4.69, 9.17) is 22.2 Å². The summed E-state index contributed by atoms with van der Waals surface area (Å²) in [6, 6.07) is 12.4. The summed E-state index contributed by atoms with van der Waals surface area (Å²) < 4.78 is 5.10. The van der Waals surface area contributed by atoms with E-state index >= 15 is 0 Å². The third-order valence-electron chi connectivity index (χ3n) is 2.76. The van der Waals surface area contributed by atoms with Crippen molar-refractivity contribution in [2.24, 2.45) is 5.84 Å². The topological polar surface area (TPSA) is 64.3 Å². The largest absolute Gasteiger partial charge is 0.497 e. The number of carbonyl (C=O) groups is 1. The van der Waals surface area contributed by atoms with Crippen LogP contribution in [0.4, 0.5) is 0 Å². The smallest absolute Gasteiger partial charge is 0.265 e. The number of nitrogens with one attached hydrogen (secondary N) is 1. The van der Waals surface area contributed by atoms with Gasteiger partial charge in [0.1, 0.15) is 5.75 Å². The predicted octanol–water partition coefficient (Wildman–Crippen LogP) is 2.62. The van der Waals surface area contributed by atoms with Gasteiger partial charge in [-0.3, -0.25) is 10.2 Å². The van der Waals surface area contributed by atoms with Crippen molar-refractivity contribution in [3.05, 3.63) is 53.1 Å². The van der Waals surface area contributed by atoms with E-state index in [0.717, 1.165) is 16.9 Å². The van der Waals surface area contributed by atoms with Gasteiger partial charge in [-0.25, -0.2) is 5.84 Å². The molecular weight excluding hydrogens is 264 g/mol. The Balaban J connectivity index is 2.52. The Bertz CT molecular complexity index is 597. The first-order valence-electron chi connectivity index (χ1n) is 5.60. The molecular formula is C14H13ClN2O2. The summed E-state index contributed by atoms with van der Waals surface area (Å²) in [6.07, 6.45) is 0. The third kappa shape index (κ3) is 2.86. The first-order chi connectivity index (χ1) is 9.15. The maximum Gasteiger partial charge on any atom is 0.265 e. The second kappa shape index (κ2) is 5.73. The van der Waals surface area contributed by atoms with Crippen LogP contribution >= 0.6 is 11.6 Å². The lowest BCUT2D eigenvalue weighted by molar-refractivity contribution is 0.0954. The molecule has 0 unspecified atom stereocenters. The zero-order valence-electron chi connectivity index (χ0n) is 10.3. The number of hydrogen-bond acceptors (Lipinski definition) is 3. The first-order valence-corrected chi connectivity index (χ1v) is 5.98. The highest BCUT2D eigenvalue weighted by atomic mass is 35.5. The van der Waals surface area contributed by atoms with Crippen LogP contribution in [0.5, 0.6) is 5.75 Å². The van der Waals surface area contributed by atoms with Gasteiger partial charge in [-0.15, -0.1) is 0 Å². The van der Waals surface area contributed by atoms with Crippen molar-refractivity contribution in [3.63, 3.8) is 0 Å². The lowest BCUT2D eigenvalue weighted by atomic mass is 9.99. The fourth-order valence-corrected chi connectivity index (χ4v) is 1.97. The van der Waals surface area contributed by atoms with Gasteiger partial charge in [-0.1, -0.05) is 23.7 Å². The van der Waals surface area contributed by atoms with E-state index in [1.54, 1.807) is 25.3 Å². The molecule has 0 bridgehead atoms. The molecule has 0 aliphatic rings. The Morgan fingerprint density at radius 3 is 2.47 bits per heavy atom. The summed E-state index contributed by atoms with van der Waals surface area (Å²) in [5, 5.41) is 0.555. The fraction of sp³-hybridized carbons (Fsp3) is 0.0714. The molecule has 2 aromatic carbocycles. The van der Waals surface area contributed by atoms with Gasteiger partial charge in [-0.05, 0) is 41.5 Å². The van der Waals surface area contributed by atoms with Crippen molar-refractivity contribution < 1.29 is 9.53 Å². The normalized spacial score (nSPS) is 10.1. The number of nitrogens with two attached hydrogens (primary N) is 1. The van der Waals surface area contributed by atoms with Gasteiger partial charge in [-0.2, -0.15) is 0 Å². The Hall–Kier alpha value is -2.04. The minimum absolute atomic E-state index is 0.359. The Kier molecular flexibility index (Phi) is 4.04. The molecule has 4 nitrogen and oxygen atoms in total. The maximum atomic E-state index is 11.7. The zero-order chi connectivity index (χ0) is 13.8. The Morgan fingerprint density at radius 2 is 1.89 bits per heavy atom. The van der Waals surface area contributed by atoms with Gasteiger partial charge >= 0.3 is 0 Å². The van der Waals surface area contributed by atoms with E-state index in [0.29, 0.717) is 10.6 Å². The quantitative estimate of drug-likeness (QED) is 0.514. The number of hydrazine groups is 1. The average Bonchev–Trinajstić information content (AvgIpc) is 2.46. The molecule has 1 amide bonds. The average molecular weight is 277 g/mol. The molecule has 5 heteroatoms. The van der Waals surface area contributed by atoms with Crippen molar-refractivity contribution >= 4 is 17.5 Å². The van der Waals surface area contributed by atoms with E-state index in [1.165, 1.54) is 0 Å². The summed E-state index contributed by atoms with van der Waals surface area (Å²) in [7, 11) is 1.60. The zero-order valence-corrected chi connectivity index (χ0v) is 11.1. The molecule has 0 saturated carbocycles. The molecule has 3 N–H and O–H groups in total. The number of carbonyl (C=O) groups excluding carboxylic acids is 1. The minimum Gasteiger partial charge on any atom is -0.497 e. The standard InChI is InChI=1S/C14H13ClN2O2/c1-19-11-5-2-9(3-6-11)13-8-10(15)4-7-12(13)14(18)17-16/h2-8H,16H2,1H3,(H,17,18). The minimum atomic E-state index is -0.359. The molecule has 0 saturated heterocycles. The van der Waals surface area contributed by atoms with E-state index in [-0.39, 0.29) is 5.91 Å². The number of ether oxygens (including phenoxy) is 1. The first kappa shape index (κ1) is 13.4. The Labute approximate surface area is 116 Å². The summed E-state index contributed by atoms with van der Waals surface area (Å²) in [5.74, 6) is 5.57. The van der Waals surface area contributed by atoms with E-state index in [9.17, 15) is 4.79 Å². The van der Waals surface area contributed by atoms with Crippen molar-refractivity contribution in [1.82, 2.24) is 5.43 Å². The highest BCUT2D eigenvalue weighted by molar-refractivity contribution is 6.31. The van der Waals surface area contributed by atoms with Crippen LogP contribution in [0.15, 0.2) is 42.5 Å². The van der Waals surface area contributed by atoms with Crippen LogP contribution in [-0.2, 0) is 0 Å². The molecule has 0 aliphatic heterocycles. The van der Waals surface area contributed by atoms with E-state index < -0.39 is 0 Å². The summed E-state index contributed by atoms with van der Waals surface area (Å²) in [5.41, 5.74) is 4.18. The van der Waals surface area contributed by atoms with Crippen molar-refractivity contribution in [2.75, 3.05) is 7.11 Å². The molecule has 0 fully saturated rings. The van der Waals surface area contributed by atoms with Crippen LogP contribution in [0.25, 0.3) is 11.1 Å². The molecule has 0 heterocycles. The lowest BCUT2D eigenvalue weighted by Gasteiger charge is -2.10. The van der Waals surface area contributed by atoms with Crippen molar-refractivity contribution in [2.45, 2.75) is 0 Å². The second-order valence-electron chi connectivity index (χ2n) is 3.89. The van der Waals surface area contributed by atoms with Crippen LogP contribution in [-0.4, -0.2) is 13.0 Å². The van der Waals surface area contributed by atoms with E-state index in [1.807, 2.05) is 24.3 Å².